The summed E-state index contributed by atoms with van der Waals surface area (Å²) in [7, 11) is 0. The number of nitrogens with one attached hydrogen (secondary N) is 2. The van der Waals surface area contributed by atoms with E-state index in [2.05, 4.69) is 10.3 Å². The summed E-state index contributed by atoms with van der Waals surface area (Å²) >= 11 is 0. The molecule has 1 atom stereocenters. The lowest BCUT2D eigenvalue weighted by atomic mass is 10.0. The molecular formula is C18H18N4O3. The number of anilines is 1. The van der Waals surface area contributed by atoms with Crippen molar-refractivity contribution in [1.29, 1.82) is 0 Å². The van der Waals surface area contributed by atoms with Crippen LogP contribution in [-0.2, 0) is 0 Å². The van der Waals surface area contributed by atoms with E-state index in [0.29, 0.717) is 10.9 Å². The third-order valence-corrected chi connectivity index (χ3v) is 4.02. The molecule has 128 valence electrons. The molecule has 0 aliphatic rings. The highest BCUT2D eigenvalue weighted by molar-refractivity contribution is 6.13. The molecule has 2 aromatic carbocycles. The fourth-order valence-corrected chi connectivity index (χ4v) is 2.80. The minimum atomic E-state index is -0.789. The Labute approximate surface area is 143 Å². The van der Waals surface area contributed by atoms with E-state index in [4.69, 9.17) is 11.5 Å². The van der Waals surface area contributed by atoms with Gasteiger partial charge in [-0.3, -0.25) is 10.1 Å². The first-order chi connectivity index (χ1) is 11.9. The molecule has 7 nitrogen and oxygen atoms in total. The normalized spacial score (nSPS) is 12.1. The maximum atomic E-state index is 11.7. The van der Waals surface area contributed by atoms with E-state index in [1.165, 1.54) is 0 Å². The molecule has 0 fully saturated rings. The molecule has 0 aliphatic carbocycles. The lowest BCUT2D eigenvalue weighted by Crippen LogP contribution is -2.22. The number of aromatic amines is 1. The second-order valence-electron chi connectivity index (χ2n) is 5.79. The van der Waals surface area contributed by atoms with Crippen molar-refractivity contribution in [3.63, 3.8) is 0 Å². The zero-order valence-corrected chi connectivity index (χ0v) is 13.5. The van der Waals surface area contributed by atoms with E-state index in [9.17, 15) is 14.7 Å². The fourth-order valence-electron chi connectivity index (χ4n) is 2.80. The monoisotopic (exact) mass is 338 g/mol. The molecule has 1 heterocycles. The minimum Gasteiger partial charge on any atom is -0.389 e. The highest BCUT2D eigenvalue weighted by Gasteiger charge is 2.17. The van der Waals surface area contributed by atoms with E-state index >= 15 is 0 Å². The maximum absolute atomic E-state index is 11.7. The number of carbonyl (C=O) groups excluding carboxylic acids is 2. The Bertz CT molecular complexity index is 958. The smallest absolute Gasteiger partial charge is 0.317 e. The van der Waals surface area contributed by atoms with Crippen LogP contribution in [0.4, 0.5) is 10.6 Å². The molecule has 7 heteroatoms. The first kappa shape index (κ1) is 16.5. The van der Waals surface area contributed by atoms with Crippen LogP contribution < -0.4 is 16.8 Å². The molecule has 0 saturated carbocycles. The van der Waals surface area contributed by atoms with Crippen molar-refractivity contribution >= 4 is 28.7 Å². The van der Waals surface area contributed by atoms with E-state index in [-0.39, 0.29) is 11.4 Å². The summed E-state index contributed by atoms with van der Waals surface area (Å²) in [6.45, 7) is 1.71. The number of carbonyl (C=O) groups is 2. The zero-order valence-electron chi connectivity index (χ0n) is 13.5. The average Bonchev–Trinajstić information content (AvgIpc) is 2.91. The van der Waals surface area contributed by atoms with Crippen LogP contribution in [0.1, 0.15) is 28.9 Å². The van der Waals surface area contributed by atoms with E-state index in [1.807, 2.05) is 36.4 Å². The Morgan fingerprint density at radius 2 is 1.72 bits per heavy atom. The van der Waals surface area contributed by atoms with Crippen LogP contribution in [0.3, 0.4) is 0 Å². The Balaban J connectivity index is 2.08. The highest BCUT2D eigenvalue weighted by atomic mass is 16.3. The van der Waals surface area contributed by atoms with Gasteiger partial charge in [-0.1, -0.05) is 36.4 Å². The summed E-state index contributed by atoms with van der Waals surface area (Å²) in [5.41, 5.74) is 14.1. The van der Waals surface area contributed by atoms with Crippen molar-refractivity contribution in [1.82, 2.24) is 4.98 Å². The quantitative estimate of drug-likeness (QED) is 0.500. The van der Waals surface area contributed by atoms with Gasteiger partial charge in [-0.2, -0.15) is 0 Å². The number of fused-ring (bicyclic) bond motifs is 1. The lowest BCUT2D eigenvalue weighted by molar-refractivity contribution is 0.100. The van der Waals surface area contributed by atoms with Gasteiger partial charge in [-0.25, -0.2) is 4.79 Å². The van der Waals surface area contributed by atoms with Crippen LogP contribution in [0.2, 0.25) is 0 Å². The van der Waals surface area contributed by atoms with Gasteiger partial charge < -0.3 is 21.6 Å². The molecule has 3 rings (SSSR count). The number of rotatable bonds is 4. The first-order valence-electron chi connectivity index (χ1n) is 7.67. The van der Waals surface area contributed by atoms with Gasteiger partial charge in [-0.05, 0) is 29.7 Å². The number of urea groups is 1. The van der Waals surface area contributed by atoms with Gasteiger partial charge in [0.05, 0.1) is 11.7 Å². The Kier molecular flexibility index (Phi) is 4.16. The van der Waals surface area contributed by atoms with Crippen LogP contribution in [0.15, 0.2) is 42.5 Å². The molecule has 0 spiro atoms. The van der Waals surface area contributed by atoms with Crippen molar-refractivity contribution in [3.05, 3.63) is 53.6 Å². The number of benzene rings is 2. The summed E-state index contributed by atoms with van der Waals surface area (Å²) in [5, 5.41) is 12.6. The molecule has 0 aliphatic heterocycles. The molecule has 3 aromatic rings. The molecule has 1 unspecified atom stereocenters. The van der Waals surface area contributed by atoms with Gasteiger partial charge in [0.2, 0.25) is 0 Å². The molecule has 0 saturated heterocycles. The summed E-state index contributed by atoms with van der Waals surface area (Å²) in [6, 6.07) is 12.2. The first-order valence-corrected chi connectivity index (χ1v) is 7.67. The molecule has 1 aromatic heterocycles. The summed E-state index contributed by atoms with van der Waals surface area (Å²) < 4.78 is 0. The number of primary amides is 2. The molecule has 0 radical (unpaired) electrons. The van der Waals surface area contributed by atoms with Crippen molar-refractivity contribution in [2.75, 3.05) is 5.32 Å². The van der Waals surface area contributed by atoms with Gasteiger partial charge in [0, 0.05) is 10.9 Å². The predicted octanol–water partition coefficient (Wildman–Crippen LogP) is 2.48. The van der Waals surface area contributed by atoms with Crippen molar-refractivity contribution in [2.45, 2.75) is 13.0 Å². The molecule has 3 amide bonds. The van der Waals surface area contributed by atoms with Crippen LogP contribution >= 0.6 is 0 Å². The van der Waals surface area contributed by atoms with Crippen LogP contribution in [0.5, 0.6) is 0 Å². The Hall–Kier alpha value is -3.32. The van der Waals surface area contributed by atoms with Crippen molar-refractivity contribution < 1.29 is 14.7 Å². The topological polar surface area (TPSA) is 134 Å². The largest absolute Gasteiger partial charge is 0.389 e. The fraction of sp³-hybridized carbons (Fsp3) is 0.111. The summed E-state index contributed by atoms with van der Waals surface area (Å²) in [4.78, 5) is 25.8. The predicted molar refractivity (Wildman–Crippen MR) is 96.1 cm³/mol. The van der Waals surface area contributed by atoms with E-state index < -0.39 is 18.0 Å². The van der Waals surface area contributed by atoms with Gasteiger partial charge >= 0.3 is 6.03 Å². The summed E-state index contributed by atoms with van der Waals surface area (Å²) in [5.74, 6) is -0.486. The number of hydrogen-bond acceptors (Lipinski definition) is 3. The van der Waals surface area contributed by atoms with Crippen molar-refractivity contribution in [2.24, 2.45) is 11.5 Å². The lowest BCUT2D eigenvalue weighted by Gasteiger charge is -2.07. The van der Waals surface area contributed by atoms with Crippen LogP contribution in [-0.4, -0.2) is 22.0 Å². The maximum Gasteiger partial charge on any atom is 0.317 e. The van der Waals surface area contributed by atoms with Gasteiger partial charge in [0.25, 0.3) is 5.91 Å². The second-order valence-corrected chi connectivity index (χ2v) is 5.79. The number of nitrogens with two attached hydrogens (primary N) is 2. The van der Waals surface area contributed by atoms with Gasteiger partial charge in [0.1, 0.15) is 5.82 Å². The van der Waals surface area contributed by atoms with E-state index in [0.717, 1.165) is 16.7 Å². The zero-order chi connectivity index (χ0) is 18.1. The van der Waals surface area contributed by atoms with Crippen LogP contribution in [0, 0.1) is 0 Å². The molecular weight excluding hydrogens is 320 g/mol. The van der Waals surface area contributed by atoms with Crippen LogP contribution in [0.25, 0.3) is 22.0 Å². The number of aromatic nitrogens is 1. The molecule has 25 heavy (non-hydrogen) atoms. The van der Waals surface area contributed by atoms with Gasteiger partial charge in [0.15, 0.2) is 0 Å². The second kappa shape index (κ2) is 6.29. The number of hydrogen-bond donors (Lipinski definition) is 5. The summed E-state index contributed by atoms with van der Waals surface area (Å²) in [6.07, 6.45) is -0.527. The number of amides is 3. The van der Waals surface area contributed by atoms with Gasteiger partial charge in [-0.15, -0.1) is 0 Å². The third-order valence-electron chi connectivity index (χ3n) is 4.02. The average molecular weight is 338 g/mol. The van der Waals surface area contributed by atoms with Crippen molar-refractivity contribution in [3.8, 4) is 11.1 Å². The molecule has 0 bridgehead atoms. The SMILES string of the molecule is CC(O)c1ccc(-c2ccc3c(C(N)=O)c(NC(N)=O)[nH]c3c2)cc1. The van der Waals surface area contributed by atoms with E-state index in [1.54, 1.807) is 13.0 Å². The Morgan fingerprint density at radius 1 is 1.08 bits per heavy atom. The Morgan fingerprint density at radius 3 is 2.28 bits per heavy atom. The third kappa shape index (κ3) is 3.17. The number of aliphatic hydroxyl groups is 1. The molecule has 7 N–H and O–H groups in total. The number of aliphatic hydroxyl groups excluding tert-OH is 1. The standard InChI is InChI=1S/C18H18N4O3/c1-9(23)10-2-4-11(5-3-10)12-6-7-13-14(8-12)21-17(22-18(20)25)15(13)16(19)24/h2-9,21,23H,1H3,(H2,19,24)(H3,20,22,25). The minimum absolute atomic E-state index is 0.177. The highest BCUT2D eigenvalue weighted by Crippen LogP contribution is 2.30. The number of H-pyrrole nitrogens is 1.